The molecule has 0 bridgehead atoms. The summed E-state index contributed by atoms with van der Waals surface area (Å²) in [5.41, 5.74) is 0. The van der Waals surface area contributed by atoms with Crippen molar-refractivity contribution in [3.63, 3.8) is 0 Å². The Balaban J connectivity index is 2.86. The third-order valence-electron chi connectivity index (χ3n) is 3.75. The van der Waals surface area contributed by atoms with Gasteiger partial charge in [-0.1, -0.05) is 41.0 Å². The first-order valence-electron chi connectivity index (χ1n) is 7.14. The second-order valence-electron chi connectivity index (χ2n) is 5.41. The summed E-state index contributed by atoms with van der Waals surface area (Å²) in [6.45, 7) is 10.8. The lowest BCUT2D eigenvalue weighted by Gasteiger charge is -2.34. The predicted octanol–water partition coefficient (Wildman–Crippen LogP) is 2.76. The molecule has 17 heavy (non-hydrogen) atoms. The number of rotatable bonds is 6. The average Bonchev–Trinajstić information content (AvgIpc) is 2.63. The third-order valence-corrected chi connectivity index (χ3v) is 3.75. The molecule has 1 fully saturated rings. The van der Waals surface area contributed by atoms with E-state index in [-0.39, 0.29) is 12.2 Å². The average molecular weight is 240 g/mol. The molecule has 0 aromatic heterocycles. The molecule has 0 aliphatic carbocycles. The SMILES string of the molecule is CCCC(CC)N1C(=O)C(CC)NC1C(C)C. The minimum atomic E-state index is 0.0355. The van der Waals surface area contributed by atoms with Gasteiger partial charge in [-0.05, 0) is 25.2 Å². The monoisotopic (exact) mass is 240 g/mol. The van der Waals surface area contributed by atoms with Gasteiger partial charge in [0, 0.05) is 6.04 Å². The van der Waals surface area contributed by atoms with Crippen LogP contribution in [0.15, 0.2) is 0 Å². The highest BCUT2D eigenvalue weighted by Crippen LogP contribution is 2.25. The Morgan fingerprint density at radius 3 is 2.35 bits per heavy atom. The van der Waals surface area contributed by atoms with Crippen LogP contribution in [0, 0.1) is 5.92 Å². The van der Waals surface area contributed by atoms with E-state index in [9.17, 15) is 4.79 Å². The molecule has 3 nitrogen and oxygen atoms in total. The van der Waals surface area contributed by atoms with Gasteiger partial charge in [0.05, 0.1) is 12.2 Å². The van der Waals surface area contributed by atoms with Gasteiger partial charge in [-0.3, -0.25) is 10.1 Å². The quantitative estimate of drug-likeness (QED) is 0.774. The van der Waals surface area contributed by atoms with Crippen molar-refractivity contribution >= 4 is 5.91 Å². The van der Waals surface area contributed by atoms with Gasteiger partial charge in [0.25, 0.3) is 0 Å². The second-order valence-corrected chi connectivity index (χ2v) is 5.41. The maximum absolute atomic E-state index is 12.4. The van der Waals surface area contributed by atoms with Gasteiger partial charge in [-0.2, -0.15) is 0 Å². The number of nitrogens with zero attached hydrogens (tertiary/aromatic N) is 1. The van der Waals surface area contributed by atoms with Crippen molar-refractivity contribution in [2.75, 3.05) is 0 Å². The van der Waals surface area contributed by atoms with E-state index in [0.717, 1.165) is 25.7 Å². The second kappa shape index (κ2) is 6.39. The van der Waals surface area contributed by atoms with Gasteiger partial charge < -0.3 is 4.90 Å². The molecule has 1 aliphatic heterocycles. The molecule has 100 valence electrons. The molecule has 0 saturated carbocycles. The van der Waals surface area contributed by atoms with Crippen LogP contribution in [0.2, 0.25) is 0 Å². The van der Waals surface area contributed by atoms with Crippen molar-refractivity contribution < 1.29 is 4.79 Å². The fourth-order valence-electron chi connectivity index (χ4n) is 2.76. The van der Waals surface area contributed by atoms with Gasteiger partial charge in [0.15, 0.2) is 0 Å². The molecule has 0 spiro atoms. The lowest BCUT2D eigenvalue weighted by molar-refractivity contribution is -0.133. The number of hydrogen-bond acceptors (Lipinski definition) is 2. The van der Waals surface area contributed by atoms with Crippen molar-refractivity contribution in [3.05, 3.63) is 0 Å². The maximum atomic E-state index is 12.4. The molecule has 3 heteroatoms. The van der Waals surface area contributed by atoms with E-state index in [1.54, 1.807) is 0 Å². The highest BCUT2D eigenvalue weighted by molar-refractivity contribution is 5.84. The van der Waals surface area contributed by atoms with Crippen LogP contribution < -0.4 is 5.32 Å². The Morgan fingerprint density at radius 1 is 1.29 bits per heavy atom. The van der Waals surface area contributed by atoms with Crippen molar-refractivity contribution in [2.24, 2.45) is 5.92 Å². The van der Waals surface area contributed by atoms with Crippen LogP contribution in [0.25, 0.3) is 0 Å². The van der Waals surface area contributed by atoms with E-state index in [0.29, 0.717) is 17.9 Å². The lowest BCUT2D eigenvalue weighted by atomic mass is 10.0. The van der Waals surface area contributed by atoms with Gasteiger partial charge in [-0.25, -0.2) is 0 Å². The number of nitrogens with one attached hydrogen (secondary N) is 1. The molecule has 0 aromatic carbocycles. The fourth-order valence-corrected chi connectivity index (χ4v) is 2.76. The number of amides is 1. The highest BCUT2D eigenvalue weighted by atomic mass is 16.2. The highest BCUT2D eigenvalue weighted by Gasteiger charge is 2.41. The Bertz CT molecular complexity index is 253. The third kappa shape index (κ3) is 3.01. The zero-order valence-electron chi connectivity index (χ0n) is 12.0. The number of carbonyl (C=O) groups is 1. The summed E-state index contributed by atoms with van der Waals surface area (Å²) in [5.74, 6) is 0.785. The Hall–Kier alpha value is -0.570. The molecular weight excluding hydrogens is 212 g/mol. The lowest BCUT2D eigenvalue weighted by Crippen LogP contribution is -2.47. The Kier molecular flexibility index (Phi) is 5.44. The molecule has 1 saturated heterocycles. The predicted molar refractivity (Wildman–Crippen MR) is 71.7 cm³/mol. The number of hydrogen-bond donors (Lipinski definition) is 1. The van der Waals surface area contributed by atoms with Crippen LogP contribution in [-0.4, -0.2) is 29.1 Å². The maximum Gasteiger partial charge on any atom is 0.241 e. The van der Waals surface area contributed by atoms with Crippen LogP contribution in [0.3, 0.4) is 0 Å². The first-order chi connectivity index (χ1) is 8.06. The first kappa shape index (κ1) is 14.5. The van der Waals surface area contributed by atoms with Crippen molar-refractivity contribution in [2.45, 2.75) is 78.6 Å². The van der Waals surface area contributed by atoms with Crippen molar-refractivity contribution in [3.8, 4) is 0 Å². The first-order valence-corrected chi connectivity index (χ1v) is 7.14. The van der Waals surface area contributed by atoms with E-state index in [1.807, 2.05) is 0 Å². The molecule has 1 N–H and O–H groups in total. The fraction of sp³-hybridized carbons (Fsp3) is 0.929. The summed E-state index contributed by atoms with van der Waals surface area (Å²) in [7, 11) is 0. The molecule has 1 rings (SSSR count). The van der Waals surface area contributed by atoms with Crippen LogP contribution in [0.5, 0.6) is 0 Å². The van der Waals surface area contributed by atoms with Crippen molar-refractivity contribution in [1.82, 2.24) is 10.2 Å². The van der Waals surface area contributed by atoms with Crippen LogP contribution >= 0.6 is 0 Å². The minimum absolute atomic E-state index is 0.0355. The molecule has 3 atom stereocenters. The standard InChI is InChI=1S/C14H28N2O/c1-6-9-11(7-2)16-13(10(4)5)15-12(8-3)14(16)17/h10-13,15H,6-9H2,1-5H3. The zero-order chi connectivity index (χ0) is 13.0. The molecule has 0 aromatic rings. The van der Waals surface area contributed by atoms with Gasteiger partial charge >= 0.3 is 0 Å². The largest absolute Gasteiger partial charge is 0.323 e. The van der Waals surface area contributed by atoms with Gasteiger partial charge in [0.1, 0.15) is 0 Å². The smallest absolute Gasteiger partial charge is 0.241 e. The topological polar surface area (TPSA) is 32.3 Å². The van der Waals surface area contributed by atoms with Gasteiger partial charge in [0.2, 0.25) is 5.91 Å². The molecule has 1 heterocycles. The van der Waals surface area contributed by atoms with E-state index < -0.39 is 0 Å². The van der Waals surface area contributed by atoms with Crippen LogP contribution in [-0.2, 0) is 4.79 Å². The molecule has 0 radical (unpaired) electrons. The van der Waals surface area contributed by atoms with Crippen LogP contribution in [0.1, 0.15) is 60.3 Å². The summed E-state index contributed by atoms with van der Waals surface area (Å²) >= 11 is 0. The van der Waals surface area contributed by atoms with E-state index in [1.165, 1.54) is 0 Å². The van der Waals surface area contributed by atoms with Crippen LogP contribution in [0.4, 0.5) is 0 Å². The summed E-state index contributed by atoms with van der Waals surface area (Å²) in [4.78, 5) is 14.5. The Labute approximate surface area is 106 Å². The summed E-state index contributed by atoms with van der Waals surface area (Å²) in [6, 6.07) is 0.442. The van der Waals surface area contributed by atoms with E-state index in [4.69, 9.17) is 0 Å². The Morgan fingerprint density at radius 2 is 1.94 bits per heavy atom. The summed E-state index contributed by atoms with van der Waals surface area (Å²) in [5, 5.41) is 3.49. The summed E-state index contributed by atoms with van der Waals surface area (Å²) in [6.07, 6.45) is 4.43. The van der Waals surface area contributed by atoms with E-state index in [2.05, 4.69) is 44.8 Å². The molecule has 1 aliphatic rings. The van der Waals surface area contributed by atoms with Gasteiger partial charge in [-0.15, -0.1) is 0 Å². The summed E-state index contributed by atoms with van der Waals surface area (Å²) < 4.78 is 0. The molecule has 1 amide bonds. The van der Waals surface area contributed by atoms with E-state index >= 15 is 0 Å². The zero-order valence-corrected chi connectivity index (χ0v) is 12.0. The normalized spacial score (nSPS) is 26.9. The molecular formula is C14H28N2O. The van der Waals surface area contributed by atoms with Crippen molar-refractivity contribution in [1.29, 1.82) is 0 Å². The number of carbonyl (C=O) groups excluding carboxylic acids is 1. The molecule has 3 unspecified atom stereocenters. The minimum Gasteiger partial charge on any atom is -0.323 e.